The second kappa shape index (κ2) is 15.6. The predicted octanol–water partition coefficient (Wildman–Crippen LogP) is 4.19. The maximum Gasteiger partial charge on any atom is 0.255 e. The van der Waals surface area contributed by atoms with Gasteiger partial charge in [0.25, 0.3) is 5.91 Å². The molecule has 1 aromatic heterocycles. The molecule has 5 rings (SSSR count). The van der Waals surface area contributed by atoms with Gasteiger partial charge in [-0.1, -0.05) is 36.8 Å². The Morgan fingerprint density at radius 3 is 2.77 bits per heavy atom. The molecule has 224 valence electrons. The number of benzene rings is 2. The van der Waals surface area contributed by atoms with Crippen LogP contribution in [-0.2, 0) is 6.54 Å². The lowest BCUT2D eigenvalue weighted by Crippen LogP contribution is -2.48. The van der Waals surface area contributed by atoms with E-state index in [1.54, 1.807) is 6.20 Å². The number of fused-ring (bicyclic) bond motifs is 1. The Morgan fingerprint density at radius 2 is 1.93 bits per heavy atom. The number of aliphatic imine (C=N–C) groups is 1. The highest BCUT2D eigenvalue weighted by atomic mass is 16.5. The second-order valence-electron chi connectivity index (χ2n) is 10.8. The highest BCUT2D eigenvalue weighted by Crippen LogP contribution is 2.32. The van der Waals surface area contributed by atoms with E-state index >= 15 is 0 Å². The zero-order chi connectivity index (χ0) is 29.7. The third-order valence-corrected chi connectivity index (χ3v) is 7.64. The zero-order valence-corrected chi connectivity index (χ0v) is 24.5. The SMILES string of the molecule is N#CNC(=NCCCOc1cccc(CN2CCCCC2)c1)NCCCN1c2ccccc2C(=O)NC1c1ccccn1. The average Bonchev–Trinajstić information content (AvgIpc) is 3.04. The number of anilines is 1. The monoisotopic (exact) mass is 580 g/mol. The topological polar surface area (TPSA) is 118 Å². The van der Waals surface area contributed by atoms with Crippen LogP contribution in [0.1, 0.15) is 59.9 Å². The van der Waals surface area contributed by atoms with Gasteiger partial charge in [0.15, 0.2) is 6.19 Å². The molecule has 43 heavy (non-hydrogen) atoms. The Bertz CT molecular complexity index is 1400. The van der Waals surface area contributed by atoms with Gasteiger partial charge >= 0.3 is 0 Å². The molecule has 3 N–H and O–H groups in total. The second-order valence-corrected chi connectivity index (χ2v) is 10.8. The molecule has 0 saturated carbocycles. The summed E-state index contributed by atoms with van der Waals surface area (Å²) in [6, 6.07) is 21.7. The van der Waals surface area contributed by atoms with Gasteiger partial charge < -0.3 is 20.3 Å². The summed E-state index contributed by atoms with van der Waals surface area (Å²) in [5.74, 6) is 1.22. The maximum atomic E-state index is 12.8. The van der Waals surface area contributed by atoms with E-state index in [1.165, 1.54) is 37.9 Å². The summed E-state index contributed by atoms with van der Waals surface area (Å²) in [4.78, 5) is 26.5. The fourth-order valence-corrected chi connectivity index (χ4v) is 5.56. The molecule has 3 aromatic rings. The smallest absolute Gasteiger partial charge is 0.255 e. The Hall–Kier alpha value is -4.62. The summed E-state index contributed by atoms with van der Waals surface area (Å²) < 4.78 is 5.99. The molecule has 1 fully saturated rings. The largest absolute Gasteiger partial charge is 0.494 e. The molecule has 1 unspecified atom stereocenters. The van der Waals surface area contributed by atoms with Gasteiger partial charge in [-0.05, 0) is 74.3 Å². The Balaban J connectivity index is 1.09. The standard InChI is InChI=1S/C33H40N8O2/c34-25-38-33(37-18-10-22-43-27-12-8-11-26(23-27)24-40-19-6-1-7-20-40)36-17-9-21-41-30-15-3-2-13-28(30)32(42)39-31(41)29-14-4-5-16-35-29/h2-5,8,11-16,23,31H,1,6-7,9-10,17-22,24H2,(H,39,42)(H2,36,37,38). The lowest BCUT2D eigenvalue weighted by molar-refractivity contribution is 0.0925. The van der Waals surface area contributed by atoms with E-state index in [0.29, 0.717) is 37.8 Å². The van der Waals surface area contributed by atoms with Crippen LogP contribution in [0.25, 0.3) is 0 Å². The van der Waals surface area contributed by atoms with E-state index in [-0.39, 0.29) is 12.1 Å². The first-order valence-electron chi connectivity index (χ1n) is 15.2. The first-order valence-corrected chi connectivity index (χ1v) is 15.2. The van der Waals surface area contributed by atoms with Gasteiger partial charge in [0, 0.05) is 38.8 Å². The van der Waals surface area contributed by atoms with Gasteiger partial charge in [0.2, 0.25) is 5.96 Å². The van der Waals surface area contributed by atoms with Crippen LogP contribution in [-0.4, -0.2) is 61.1 Å². The minimum Gasteiger partial charge on any atom is -0.494 e. The number of hydrogen-bond acceptors (Lipinski definition) is 7. The zero-order valence-electron chi connectivity index (χ0n) is 24.5. The predicted molar refractivity (Wildman–Crippen MR) is 168 cm³/mol. The van der Waals surface area contributed by atoms with Crippen LogP contribution in [0.5, 0.6) is 5.75 Å². The maximum absolute atomic E-state index is 12.8. The van der Waals surface area contributed by atoms with Gasteiger partial charge in [0.05, 0.1) is 23.6 Å². The first-order chi connectivity index (χ1) is 21.2. The summed E-state index contributed by atoms with van der Waals surface area (Å²) in [5.41, 5.74) is 3.58. The van der Waals surface area contributed by atoms with Crippen molar-refractivity contribution in [2.75, 3.05) is 44.2 Å². The Morgan fingerprint density at radius 1 is 1.07 bits per heavy atom. The van der Waals surface area contributed by atoms with Gasteiger partial charge in [0.1, 0.15) is 11.9 Å². The summed E-state index contributed by atoms with van der Waals surface area (Å²) in [7, 11) is 0. The number of piperidine rings is 1. The van der Waals surface area contributed by atoms with Crippen LogP contribution < -0.4 is 25.6 Å². The van der Waals surface area contributed by atoms with Crippen molar-refractivity contribution in [3.8, 4) is 11.9 Å². The number of guanidine groups is 1. The Labute approximate surface area is 253 Å². The number of amides is 1. The summed E-state index contributed by atoms with van der Waals surface area (Å²) >= 11 is 0. The van der Waals surface area contributed by atoms with Gasteiger partial charge in [-0.3, -0.25) is 25.0 Å². The van der Waals surface area contributed by atoms with E-state index < -0.39 is 0 Å². The fraction of sp³-hybridized carbons (Fsp3) is 0.394. The lowest BCUT2D eigenvalue weighted by Gasteiger charge is -2.38. The number of nitriles is 1. The lowest BCUT2D eigenvalue weighted by atomic mass is 10.1. The molecule has 0 radical (unpaired) electrons. The minimum atomic E-state index is -0.362. The third-order valence-electron chi connectivity index (χ3n) is 7.64. The van der Waals surface area contributed by atoms with Crippen molar-refractivity contribution in [1.29, 1.82) is 5.26 Å². The number of rotatable bonds is 12. The molecular formula is C33H40N8O2. The molecule has 2 aliphatic rings. The molecule has 2 aromatic carbocycles. The number of nitrogens with zero attached hydrogens (tertiary/aromatic N) is 5. The minimum absolute atomic E-state index is 0.109. The molecule has 0 bridgehead atoms. The van der Waals surface area contributed by atoms with Crippen molar-refractivity contribution >= 4 is 17.6 Å². The van der Waals surface area contributed by atoms with Crippen molar-refractivity contribution in [1.82, 2.24) is 25.8 Å². The van der Waals surface area contributed by atoms with E-state index in [1.807, 2.05) is 54.7 Å². The van der Waals surface area contributed by atoms with E-state index in [0.717, 1.165) is 36.5 Å². The number of pyridine rings is 1. The number of ether oxygens (including phenoxy) is 1. The van der Waals surface area contributed by atoms with Crippen molar-refractivity contribution < 1.29 is 9.53 Å². The van der Waals surface area contributed by atoms with Crippen molar-refractivity contribution in [3.05, 3.63) is 89.7 Å². The molecule has 1 saturated heterocycles. The third kappa shape index (κ3) is 8.46. The average molecular weight is 581 g/mol. The van der Waals surface area contributed by atoms with E-state index in [9.17, 15) is 10.1 Å². The number of carbonyl (C=O) groups excluding carboxylic acids is 1. The molecule has 10 heteroatoms. The Kier molecular flexibility index (Phi) is 10.8. The number of aromatic nitrogens is 1. The van der Waals surface area contributed by atoms with Crippen LogP contribution in [0.2, 0.25) is 0 Å². The molecule has 0 aliphatic carbocycles. The van der Waals surface area contributed by atoms with E-state index in [4.69, 9.17) is 4.74 Å². The van der Waals surface area contributed by atoms with E-state index in [2.05, 4.69) is 53.9 Å². The number of para-hydroxylation sites is 1. The number of nitrogens with one attached hydrogen (secondary N) is 3. The highest BCUT2D eigenvalue weighted by Gasteiger charge is 2.31. The molecule has 3 heterocycles. The fourth-order valence-electron chi connectivity index (χ4n) is 5.56. The molecule has 1 atom stereocenters. The van der Waals surface area contributed by atoms with Gasteiger partial charge in [-0.25, -0.2) is 0 Å². The van der Waals surface area contributed by atoms with Crippen molar-refractivity contribution in [2.24, 2.45) is 4.99 Å². The normalized spacial score (nSPS) is 17.0. The molecule has 1 amide bonds. The summed E-state index contributed by atoms with van der Waals surface area (Å²) in [6.07, 6.45) is 8.72. The number of hydrogen-bond donors (Lipinski definition) is 3. The highest BCUT2D eigenvalue weighted by molar-refractivity contribution is 6.02. The first kappa shape index (κ1) is 29.9. The van der Waals surface area contributed by atoms with Crippen molar-refractivity contribution in [3.63, 3.8) is 0 Å². The quantitative estimate of drug-likeness (QED) is 0.0960. The molecular weight excluding hydrogens is 540 g/mol. The van der Waals surface area contributed by atoms with Crippen LogP contribution in [0.3, 0.4) is 0 Å². The van der Waals surface area contributed by atoms with Gasteiger partial charge in [-0.15, -0.1) is 0 Å². The van der Waals surface area contributed by atoms with Crippen LogP contribution >= 0.6 is 0 Å². The van der Waals surface area contributed by atoms with Gasteiger partial charge in [-0.2, -0.15) is 5.26 Å². The number of carbonyl (C=O) groups is 1. The van der Waals surface area contributed by atoms with Crippen LogP contribution in [0.15, 0.2) is 77.9 Å². The molecule has 2 aliphatic heterocycles. The van der Waals surface area contributed by atoms with Crippen molar-refractivity contribution in [2.45, 2.75) is 44.8 Å². The van der Waals surface area contributed by atoms with Crippen LogP contribution in [0.4, 0.5) is 5.69 Å². The molecule has 0 spiro atoms. The summed E-state index contributed by atoms with van der Waals surface area (Å²) in [5, 5.41) is 18.2. The van der Waals surface area contributed by atoms with Crippen LogP contribution in [0, 0.1) is 11.5 Å². The number of likely N-dealkylation sites (tertiary alicyclic amines) is 1. The molecule has 10 nitrogen and oxygen atoms in total. The summed E-state index contributed by atoms with van der Waals surface area (Å²) in [6.45, 7) is 5.65.